The minimum Gasteiger partial charge on any atom is -0.506 e. The molecule has 0 bridgehead atoms. The van der Waals surface area contributed by atoms with Crippen molar-refractivity contribution in [2.24, 2.45) is 5.92 Å². The van der Waals surface area contributed by atoms with E-state index in [4.69, 9.17) is 16.3 Å². The summed E-state index contributed by atoms with van der Waals surface area (Å²) in [7, 11) is 0. The highest BCUT2D eigenvalue weighted by molar-refractivity contribution is 7.19. The zero-order chi connectivity index (χ0) is 18.0. The molecular weight excluding hydrogens is 360 g/mol. The highest BCUT2D eigenvalue weighted by Gasteiger charge is 2.25. The summed E-state index contributed by atoms with van der Waals surface area (Å²) in [5.74, 6) is 1.12. The number of aryl methyl sites for hydroxylation is 1. The van der Waals surface area contributed by atoms with E-state index in [1.807, 2.05) is 6.92 Å². The van der Waals surface area contributed by atoms with E-state index in [9.17, 15) is 9.90 Å². The van der Waals surface area contributed by atoms with Gasteiger partial charge in [-0.05, 0) is 44.7 Å². The zero-order valence-electron chi connectivity index (χ0n) is 14.3. The molecule has 5 nitrogen and oxygen atoms in total. The number of halogens is 1. The highest BCUT2D eigenvalue weighted by Crippen LogP contribution is 2.41. The second kappa shape index (κ2) is 7.62. The molecule has 1 aliphatic rings. The number of ether oxygens (including phenoxy) is 1. The van der Waals surface area contributed by atoms with Crippen LogP contribution in [0.25, 0.3) is 10.6 Å². The van der Waals surface area contributed by atoms with Gasteiger partial charge in [0.15, 0.2) is 5.75 Å². The first-order valence-corrected chi connectivity index (χ1v) is 9.60. The van der Waals surface area contributed by atoms with Gasteiger partial charge in [0.25, 0.3) is 0 Å². The van der Waals surface area contributed by atoms with E-state index in [1.54, 1.807) is 30.0 Å². The van der Waals surface area contributed by atoms with Crippen molar-refractivity contribution in [3.8, 4) is 22.1 Å². The molecule has 1 N–H and O–H groups in total. The molecular formula is C18H21ClN2O3S. The summed E-state index contributed by atoms with van der Waals surface area (Å²) in [6, 6.07) is 4.90. The molecule has 1 aliphatic carbocycles. The Kier molecular flexibility index (Phi) is 5.49. The first kappa shape index (κ1) is 18.0. The number of carbonyl (C=O) groups excluding carboxylic acids is 1. The number of carbonyl (C=O) groups is 1. The third-order valence-electron chi connectivity index (χ3n) is 4.50. The Morgan fingerprint density at radius 1 is 1.48 bits per heavy atom. The van der Waals surface area contributed by atoms with Gasteiger partial charge in [0.1, 0.15) is 5.75 Å². The summed E-state index contributed by atoms with van der Waals surface area (Å²) in [5, 5.41) is 9.65. The van der Waals surface area contributed by atoms with E-state index in [1.165, 1.54) is 30.6 Å². The van der Waals surface area contributed by atoms with Gasteiger partial charge in [-0.1, -0.05) is 18.0 Å². The molecule has 2 heterocycles. The fraction of sp³-hybridized carbons (Fsp3) is 0.444. The lowest BCUT2D eigenvalue weighted by molar-refractivity contribution is 0.134. The van der Waals surface area contributed by atoms with Crippen molar-refractivity contribution in [2.75, 3.05) is 13.1 Å². The number of thiophene rings is 1. The number of aromatic hydroxyl groups is 1. The summed E-state index contributed by atoms with van der Waals surface area (Å²) in [6.45, 7) is 5.02. The van der Waals surface area contributed by atoms with Crippen molar-refractivity contribution < 1.29 is 14.6 Å². The molecule has 7 heteroatoms. The Balaban J connectivity index is 1.79. The fourth-order valence-electron chi connectivity index (χ4n) is 2.76. The largest absolute Gasteiger partial charge is 0.506 e. The molecule has 0 saturated heterocycles. The molecule has 0 spiro atoms. The number of rotatable bonds is 5. The van der Waals surface area contributed by atoms with Crippen LogP contribution in [0, 0.1) is 12.8 Å². The Morgan fingerprint density at radius 2 is 2.24 bits per heavy atom. The second-order valence-electron chi connectivity index (χ2n) is 6.25. The highest BCUT2D eigenvalue weighted by atomic mass is 35.5. The number of hydrogen-bond acceptors (Lipinski definition) is 5. The van der Waals surface area contributed by atoms with Crippen molar-refractivity contribution in [2.45, 2.75) is 33.1 Å². The maximum Gasteiger partial charge on any atom is 0.415 e. The van der Waals surface area contributed by atoms with Crippen molar-refractivity contribution in [1.82, 2.24) is 9.88 Å². The predicted octanol–water partition coefficient (Wildman–Crippen LogP) is 5.10. The summed E-state index contributed by atoms with van der Waals surface area (Å²) < 4.78 is 6.14. The normalized spacial score (nSPS) is 14.2. The van der Waals surface area contributed by atoms with E-state index >= 15 is 0 Å². The topological polar surface area (TPSA) is 62.7 Å². The molecule has 134 valence electrons. The summed E-state index contributed by atoms with van der Waals surface area (Å²) in [4.78, 5) is 19.3. The maximum absolute atomic E-state index is 12.5. The number of amides is 1. The average Bonchev–Trinajstić information content (AvgIpc) is 2.89. The lowest BCUT2D eigenvalue weighted by Gasteiger charge is -2.31. The monoisotopic (exact) mass is 380 g/mol. The smallest absolute Gasteiger partial charge is 0.415 e. The molecule has 0 unspecified atom stereocenters. The van der Waals surface area contributed by atoms with Crippen molar-refractivity contribution in [3.05, 3.63) is 28.2 Å². The average molecular weight is 381 g/mol. The first-order valence-electron chi connectivity index (χ1n) is 8.41. The van der Waals surface area contributed by atoms with Gasteiger partial charge in [-0.25, -0.2) is 9.78 Å². The van der Waals surface area contributed by atoms with Gasteiger partial charge in [-0.2, -0.15) is 0 Å². The molecule has 1 amide bonds. The number of pyridine rings is 1. The molecule has 0 atom stereocenters. The fourth-order valence-corrected chi connectivity index (χ4v) is 3.87. The molecule has 1 saturated carbocycles. The zero-order valence-corrected chi connectivity index (χ0v) is 15.9. The van der Waals surface area contributed by atoms with E-state index in [2.05, 4.69) is 4.98 Å². The summed E-state index contributed by atoms with van der Waals surface area (Å²) in [6.07, 6.45) is 3.24. The lowest BCUT2D eigenvalue weighted by atomic mass is 9.85. The van der Waals surface area contributed by atoms with Gasteiger partial charge in [0.05, 0.1) is 20.6 Å². The number of nitrogens with zero attached hydrogens (tertiary/aromatic N) is 2. The van der Waals surface area contributed by atoms with Gasteiger partial charge in [-0.3, -0.25) is 0 Å². The van der Waals surface area contributed by atoms with Crippen LogP contribution in [0.4, 0.5) is 4.79 Å². The molecule has 2 aromatic heterocycles. The molecule has 0 aromatic carbocycles. The molecule has 3 rings (SSSR count). The first-order chi connectivity index (χ1) is 12.0. The third kappa shape index (κ3) is 4.07. The van der Waals surface area contributed by atoms with Gasteiger partial charge in [-0.15, -0.1) is 11.3 Å². The third-order valence-corrected chi connectivity index (χ3v) is 5.77. The van der Waals surface area contributed by atoms with Gasteiger partial charge < -0.3 is 14.7 Å². The quantitative estimate of drug-likeness (QED) is 0.783. The lowest BCUT2D eigenvalue weighted by Crippen LogP contribution is -2.39. The van der Waals surface area contributed by atoms with Crippen molar-refractivity contribution in [1.29, 1.82) is 0 Å². The van der Waals surface area contributed by atoms with E-state index in [-0.39, 0.29) is 11.8 Å². The van der Waals surface area contributed by atoms with Crippen LogP contribution in [0.3, 0.4) is 0 Å². The Labute approximate surface area is 156 Å². The van der Waals surface area contributed by atoms with Gasteiger partial charge >= 0.3 is 6.09 Å². The molecule has 0 aliphatic heterocycles. The summed E-state index contributed by atoms with van der Waals surface area (Å²) in [5.41, 5.74) is 1.14. The molecule has 25 heavy (non-hydrogen) atoms. The van der Waals surface area contributed by atoms with Gasteiger partial charge in [0.2, 0.25) is 0 Å². The Bertz CT molecular complexity index is 774. The number of aromatic nitrogens is 1. The minimum absolute atomic E-state index is 0.127. The van der Waals surface area contributed by atoms with Crippen LogP contribution in [0.2, 0.25) is 4.34 Å². The maximum atomic E-state index is 12.5. The van der Waals surface area contributed by atoms with Gasteiger partial charge in [0, 0.05) is 19.2 Å². The van der Waals surface area contributed by atoms with Crippen molar-refractivity contribution >= 4 is 29.0 Å². The predicted molar refractivity (Wildman–Crippen MR) is 99.6 cm³/mol. The van der Waals surface area contributed by atoms with Crippen LogP contribution in [-0.4, -0.2) is 34.2 Å². The number of hydrogen-bond donors (Lipinski definition) is 1. The van der Waals surface area contributed by atoms with E-state index in [0.717, 1.165) is 6.54 Å². The standard InChI is InChI=1S/C18H21ClN2O3S/c1-3-21(10-12-5-4-6-12)18(23)24-15-9-16(19)25-17(15)13-7-8-14(22)11(2)20-13/h7-9,12,22H,3-6,10H2,1-2H3. The van der Waals surface area contributed by atoms with E-state index < -0.39 is 0 Å². The van der Waals surface area contributed by atoms with Crippen LogP contribution < -0.4 is 4.74 Å². The van der Waals surface area contributed by atoms with Crippen LogP contribution in [-0.2, 0) is 0 Å². The molecule has 0 radical (unpaired) electrons. The second-order valence-corrected chi connectivity index (χ2v) is 7.93. The van der Waals surface area contributed by atoms with Crippen LogP contribution in [0.15, 0.2) is 18.2 Å². The van der Waals surface area contributed by atoms with Crippen LogP contribution in [0.1, 0.15) is 31.9 Å². The Morgan fingerprint density at radius 3 is 2.84 bits per heavy atom. The van der Waals surface area contributed by atoms with E-state index in [0.29, 0.717) is 38.8 Å². The van der Waals surface area contributed by atoms with Crippen LogP contribution in [0.5, 0.6) is 11.5 Å². The van der Waals surface area contributed by atoms with Crippen molar-refractivity contribution in [3.63, 3.8) is 0 Å². The summed E-state index contributed by atoms with van der Waals surface area (Å²) >= 11 is 7.43. The molecule has 2 aromatic rings. The van der Waals surface area contributed by atoms with Crippen LogP contribution >= 0.6 is 22.9 Å². The Hall–Kier alpha value is -1.79. The SMILES string of the molecule is CCN(CC1CCC1)C(=O)Oc1cc(Cl)sc1-c1ccc(O)c(C)n1. The minimum atomic E-state index is -0.361. The molecule has 1 fully saturated rings.